The number of carboxylic acid groups (broad SMARTS) is 1. The van der Waals surface area contributed by atoms with E-state index in [1.54, 1.807) is 12.1 Å². The monoisotopic (exact) mass is 337 g/mol. The molecule has 0 saturated carbocycles. The second-order valence-corrected chi connectivity index (χ2v) is 5.34. The maximum absolute atomic E-state index is 10.8. The zero-order valence-corrected chi connectivity index (χ0v) is 12.8. The van der Waals surface area contributed by atoms with Crippen molar-refractivity contribution in [2.24, 2.45) is 0 Å². The number of unbranched alkanes of at least 4 members (excludes halogenated alkanes) is 1. The lowest BCUT2D eigenvalue weighted by atomic mass is 10.1. The molecule has 1 heterocycles. The summed E-state index contributed by atoms with van der Waals surface area (Å²) < 4.78 is 2.64. The Bertz CT molecular complexity index is 593. The second kappa shape index (κ2) is 6.65. The van der Waals surface area contributed by atoms with E-state index in [2.05, 4.69) is 33.2 Å². The molecule has 106 valence electrons. The zero-order chi connectivity index (χ0) is 14.5. The molecule has 1 aromatic heterocycles. The van der Waals surface area contributed by atoms with Crippen molar-refractivity contribution >= 4 is 21.9 Å². The Balaban J connectivity index is 2.15. The Kier molecular flexibility index (Phi) is 4.89. The van der Waals surface area contributed by atoms with Crippen molar-refractivity contribution in [2.75, 3.05) is 0 Å². The standard InChI is InChI=1S/C14H16BrN3O2/c1-2-3-4-12-13(15)16-17-18(12)9-10-5-7-11(8-6-10)14(19)20/h5-8H,2-4,9H2,1H3,(H,19,20). The van der Waals surface area contributed by atoms with Crippen LogP contribution in [0.25, 0.3) is 0 Å². The molecule has 2 rings (SSSR count). The lowest BCUT2D eigenvalue weighted by Crippen LogP contribution is -2.07. The van der Waals surface area contributed by atoms with Gasteiger partial charge in [0.1, 0.15) is 0 Å². The average Bonchev–Trinajstić information content (AvgIpc) is 2.78. The van der Waals surface area contributed by atoms with E-state index in [4.69, 9.17) is 5.11 Å². The van der Waals surface area contributed by atoms with E-state index < -0.39 is 5.97 Å². The van der Waals surface area contributed by atoms with Crippen molar-refractivity contribution in [1.29, 1.82) is 0 Å². The fourth-order valence-electron chi connectivity index (χ4n) is 1.94. The van der Waals surface area contributed by atoms with Crippen molar-refractivity contribution < 1.29 is 9.90 Å². The number of carbonyl (C=O) groups is 1. The van der Waals surface area contributed by atoms with Gasteiger partial charge in [-0.3, -0.25) is 0 Å². The van der Waals surface area contributed by atoms with Crippen LogP contribution in [0.1, 0.15) is 41.4 Å². The fraction of sp³-hybridized carbons (Fsp3) is 0.357. The van der Waals surface area contributed by atoms with Gasteiger partial charge in [0.25, 0.3) is 0 Å². The van der Waals surface area contributed by atoms with E-state index in [0.717, 1.165) is 35.1 Å². The molecule has 0 saturated heterocycles. The van der Waals surface area contributed by atoms with E-state index in [9.17, 15) is 4.79 Å². The Hall–Kier alpha value is -1.69. The molecule has 1 aromatic carbocycles. The predicted octanol–water partition coefficient (Wildman–Crippen LogP) is 3.13. The van der Waals surface area contributed by atoms with Gasteiger partial charge in [-0.2, -0.15) is 0 Å². The summed E-state index contributed by atoms with van der Waals surface area (Å²) in [7, 11) is 0. The summed E-state index contributed by atoms with van der Waals surface area (Å²) in [5.41, 5.74) is 2.37. The molecule has 0 fully saturated rings. The molecule has 0 radical (unpaired) electrons. The minimum Gasteiger partial charge on any atom is -0.478 e. The predicted molar refractivity (Wildman–Crippen MR) is 78.8 cm³/mol. The molecule has 0 amide bonds. The molecule has 5 nitrogen and oxygen atoms in total. The molecule has 0 aliphatic rings. The van der Waals surface area contributed by atoms with Crippen LogP contribution in [0.2, 0.25) is 0 Å². The van der Waals surface area contributed by atoms with Crippen molar-refractivity contribution in [3.05, 3.63) is 45.7 Å². The highest BCUT2D eigenvalue weighted by molar-refractivity contribution is 9.10. The number of carboxylic acids is 1. The average molecular weight is 338 g/mol. The van der Waals surface area contributed by atoms with Crippen LogP contribution in [-0.2, 0) is 13.0 Å². The Labute approximate surface area is 125 Å². The van der Waals surface area contributed by atoms with Gasteiger partial charge in [-0.15, -0.1) is 5.10 Å². The summed E-state index contributed by atoms with van der Waals surface area (Å²) in [6.45, 7) is 2.74. The molecular weight excluding hydrogens is 322 g/mol. The first-order valence-corrected chi connectivity index (χ1v) is 7.31. The van der Waals surface area contributed by atoms with Crippen LogP contribution in [0.5, 0.6) is 0 Å². The van der Waals surface area contributed by atoms with Gasteiger partial charge in [-0.05, 0) is 46.5 Å². The third-order valence-electron chi connectivity index (χ3n) is 3.09. The highest BCUT2D eigenvalue weighted by atomic mass is 79.9. The van der Waals surface area contributed by atoms with Crippen molar-refractivity contribution in [1.82, 2.24) is 15.0 Å². The van der Waals surface area contributed by atoms with Crippen molar-refractivity contribution in [3.8, 4) is 0 Å². The number of hydrogen-bond acceptors (Lipinski definition) is 3. The van der Waals surface area contributed by atoms with E-state index >= 15 is 0 Å². The summed E-state index contributed by atoms with van der Waals surface area (Å²) in [6.07, 6.45) is 3.13. The van der Waals surface area contributed by atoms with Crippen molar-refractivity contribution in [3.63, 3.8) is 0 Å². The van der Waals surface area contributed by atoms with E-state index in [-0.39, 0.29) is 0 Å². The minimum absolute atomic E-state index is 0.291. The van der Waals surface area contributed by atoms with Gasteiger partial charge >= 0.3 is 5.97 Å². The minimum atomic E-state index is -0.913. The number of nitrogens with zero attached hydrogens (tertiary/aromatic N) is 3. The summed E-state index contributed by atoms with van der Waals surface area (Å²) in [6, 6.07) is 6.83. The number of aromatic carboxylic acids is 1. The third-order valence-corrected chi connectivity index (χ3v) is 3.71. The van der Waals surface area contributed by atoms with Crippen LogP contribution >= 0.6 is 15.9 Å². The summed E-state index contributed by atoms with van der Waals surface area (Å²) in [5, 5.41) is 17.0. The molecule has 0 unspecified atom stereocenters. The highest BCUT2D eigenvalue weighted by Gasteiger charge is 2.10. The summed E-state index contributed by atoms with van der Waals surface area (Å²) in [4.78, 5) is 10.8. The van der Waals surface area contributed by atoms with Gasteiger partial charge in [0.15, 0.2) is 4.60 Å². The van der Waals surface area contributed by atoms with Gasteiger partial charge in [0.2, 0.25) is 0 Å². The summed E-state index contributed by atoms with van der Waals surface area (Å²) in [5.74, 6) is -0.913. The van der Waals surface area contributed by atoms with E-state index in [1.165, 1.54) is 0 Å². The molecule has 1 N–H and O–H groups in total. The van der Waals surface area contributed by atoms with Gasteiger partial charge < -0.3 is 5.11 Å². The first-order valence-electron chi connectivity index (χ1n) is 6.52. The van der Waals surface area contributed by atoms with Crippen LogP contribution in [0.15, 0.2) is 28.9 Å². The van der Waals surface area contributed by atoms with E-state index in [0.29, 0.717) is 12.1 Å². The van der Waals surface area contributed by atoms with Gasteiger partial charge in [-0.1, -0.05) is 30.7 Å². The molecule has 0 aliphatic heterocycles. The van der Waals surface area contributed by atoms with Crippen LogP contribution in [-0.4, -0.2) is 26.1 Å². The molecule has 20 heavy (non-hydrogen) atoms. The molecule has 0 spiro atoms. The Morgan fingerprint density at radius 1 is 1.35 bits per heavy atom. The van der Waals surface area contributed by atoms with Crippen molar-refractivity contribution in [2.45, 2.75) is 32.7 Å². The number of hydrogen-bond donors (Lipinski definition) is 1. The third kappa shape index (κ3) is 3.45. The lowest BCUT2D eigenvalue weighted by Gasteiger charge is -2.07. The van der Waals surface area contributed by atoms with Crippen LogP contribution in [0, 0.1) is 0 Å². The molecule has 6 heteroatoms. The Morgan fingerprint density at radius 2 is 2.05 bits per heavy atom. The van der Waals surface area contributed by atoms with E-state index in [1.807, 2.05) is 16.8 Å². The van der Waals surface area contributed by atoms with Crippen LogP contribution in [0.3, 0.4) is 0 Å². The molecule has 0 bridgehead atoms. The zero-order valence-electron chi connectivity index (χ0n) is 11.2. The topological polar surface area (TPSA) is 68.0 Å². The fourth-order valence-corrected chi connectivity index (χ4v) is 2.41. The number of halogens is 1. The molecule has 2 aromatic rings. The first-order chi connectivity index (χ1) is 9.61. The quantitative estimate of drug-likeness (QED) is 0.879. The second-order valence-electron chi connectivity index (χ2n) is 4.59. The Morgan fingerprint density at radius 3 is 2.65 bits per heavy atom. The maximum Gasteiger partial charge on any atom is 0.335 e. The smallest absolute Gasteiger partial charge is 0.335 e. The number of aromatic nitrogens is 3. The van der Waals surface area contributed by atoms with Crippen LogP contribution < -0.4 is 0 Å². The SMILES string of the molecule is CCCCc1c(Br)nnn1Cc1ccc(C(=O)O)cc1. The first kappa shape index (κ1) is 14.7. The van der Waals surface area contributed by atoms with Gasteiger partial charge in [0.05, 0.1) is 17.8 Å². The molecule has 0 aliphatic carbocycles. The normalized spacial score (nSPS) is 10.7. The maximum atomic E-state index is 10.8. The van der Waals surface area contributed by atoms with Gasteiger partial charge in [-0.25, -0.2) is 9.48 Å². The lowest BCUT2D eigenvalue weighted by molar-refractivity contribution is 0.0697. The molecular formula is C14H16BrN3O2. The van der Waals surface area contributed by atoms with Gasteiger partial charge in [0, 0.05) is 0 Å². The highest BCUT2D eigenvalue weighted by Crippen LogP contribution is 2.17. The number of rotatable bonds is 6. The van der Waals surface area contributed by atoms with Crippen LogP contribution in [0.4, 0.5) is 0 Å². The molecule has 0 atom stereocenters. The summed E-state index contributed by atoms with van der Waals surface area (Å²) >= 11 is 3.42. The largest absolute Gasteiger partial charge is 0.478 e. The number of benzene rings is 1.